The summed E-state index contributed by atoms with van der Waals surface area (Å²) in [5.41, 5.74) is 0.885. The van der Waals surface area contributed by atoms with Crippen molar-refractivity contribution in [1.29, 1.82) is 0 Å². The minimum absolute atomic E-state index is 0.299. The van der Waals surface area contributed by atoms with Crippen LogP contribution in [-0.2, 0) is 9.53 Å². The second-order valence-corrected chi connectivity index (χ2v) is 6.08. The van der Waals surface area contributed by atoms with Crippen LogP contribution in [-0.4, -0.2) is 30.0 Å². The Kier molecular flexibility index (Phi) is 5.06. The molecule has 1 heterocycles. The van der Waals surface area contributed by atoms with Crippen molar-refractivity contribution in [2.45, 2.75) is 25.9 Å². The maximum atomic E-state index is 12.0. The molecule has 1 aliphatic heterocycles. The van der Waals surface area contributed by atoms with Crippen molar-refractivity contribution < 1.29 is 9.53 Å². The minimum Gasteiger partial charge on any atom is -0.467 e. The molecule has 0 radical (unpaired) electrons. The second-order valence-electron chi connectivity index (χ2n) is 5.07. The van der Waals surface area contributed by atoms with E-state index in [0.29, 0.717) is 12.0 Å². The fourth-order valence-electron chi connectivity index (χ4n) is 1.98. The molecular formula is C15H20N2O2S. The number of benzene rings is 1. The van der Waals surface area contributed by atoms with Crippen LogP contribution in [0.15, 0.2) is 35.3 Å². The first-order valence-corrected chi connectivity index (χ1v) is 7.70. The summed E-state index contributed by atoms with van der Waals surface area (Å²) < 4.78 is 4.89. The van der Waals surface area contributed by atoms with E-state index in [2.05, 4.69) is 24.2 Å². The van der Waals surface area contributed by atoms with Crippen LogP contribution in [0.3, 0.4) is 0 Å². The third-order valence-corrected chi connectivity index (χ3v) is 4.29. The molecule has 1 aromatic rings. The Morgan fingerprint density at radius 2 is 2.10 bits per heavy atom. The lowest BCUT2D eigenvalue weighted by molar-refractivity contribution is -0.142. The van der Waals surface area contributed by atoms with Gasteiger partial charge in [-0.05, 0) is 11.5 Å². The smallest absolute Gasteiger partial charge is 0.333 e. The maximum absolute atomic E-state index is 12.0. The number of carbonyl (C=O) groups is 1. The number of carbonyl (C=O) groups excluding carboxylic acids is 1. The highest BCUT2D eigenvalue weighted by Gasteiger charge is 2.27. The van der Waals surface area contributed by atoms with Gasteiger partial charge in [0.15, 0.2) is 11.2 Å². The minimum atomic E-state index is -0.502. The maximum Gasteiger partial charge on any atom is 0.333 e. The summed E-state index contributed by atoms with van der Waals surface area (Å²) >= 11 is 1.66. The molecule has 0 aliphatic carbocycles. The highest BCUT2D eigenvalue weighted by molar-refractivity contribution is 8.14. The molecule has 108 valence electrons. The van der Waals surface area contributed by atoms with Crippen LogP contribution in [0.2, 0.25) is 0 Å². The fourth-order valence-corrected chi connectivity index (χ4v) is 3.17. The molecule has 2 atom stereocenters. The Morgan fingerprint density at radius 3 is 2.65 bits per heavy atom. The Balaban J connectivity index is 2.14. The largest absolute Gasteiger partial charge is 0.467 e. The zero-order valence-electron chi connectivity index (χ0n) is 12.0. The van der Waals surface area contributed by atoms with Gasteiger partial charge >= 0.3 is 5.97 Å². The van der Waals surface area contributed by atoms with Crippen LogP contribution in [0, 0.1) is 5.92 Å². The van der Waals surface area contributed by atoms with Crippen molar-refractivity contribution in [1.82, 2.24) is 5.32 Å². The monoisotopic (exact) mass is 292 g/mol. The molecule has 5 heteroatoms. The summed E-state index contributed by atoms with van der Waals surface area (Å²) in [6.45, 7) is 4.32. The standard InChI is InChI=1S/C15H20N2O2S/c1-10(2)12-9-20-15(16-12)17-13(14(18)19-3)11-7-5-4-6-8-11/h4-8,10,12-13H,9H2,1-3H3,(H,16,17)/t12-,13?/m1/s1. The van der Waals surface area contributed by atoms with Crippen molar-refractivity contribution in [3.05, 3.63) is 35.9 Å². The van der Waals surface area contributed by atoms with Crippen LogP contribution >= 0.6 is 11.8 Å². The molecule has 0 fully saturated rings. The quantitative estimate of drug-likeness (QED) is 0.867. The van der Waals surface area contributed by atoms with Gasteiger partial charge in [-0.3, -0.25) is 4.99 Å². The molecule has 1 aromatic carbocycles. The molecular weight excluding hydrogens is 272 g/mol. The molecule has 4 nitrogen and oxygen atoms in total. The molecule has 0 saturated carbocycles. The molecule has 2 rings (SSSR count). The molecule has 0 saturated heterocycles. The number of hydrogen-bond donors (Lipinski definition) is 1. The first-order chi connectivity index (χ1) is 9.61. The van der Waals surface area contributed by atoms with E-state index in [1.807, 2.05) is 30.3 Å². The number of aliphatic imine (C=N–C) groups is 1. The van der Waals surface area contributed by atoms with Crippen LogP contribution in [0.5, 0.6) is 0 Å². The SMILES string of the molecule is COC(=O)C(NC1=N[C@@H](C(C)C)CS1)c1ccccc1. The highest BCUT2D eigenvalue weighted by Crippen LogP contribution is 2.24. The Morgan fingerprint density at radius 1 is 1.40 bits per heavy atom. The lowest BCUT2D eigenvalue weighted by Crippen LogP contribution is -2.32. The Bertz CT molecular complexity index is 488. The number of hydrogen-bond acceptors (Lipinski definition) is 5. The lowest BCUT2D eigenvalue weighted by atomic mass is 10.1. The van der Waals surface area contributed by atoms with E-state index in [1.54, 1.807) is 11.8 Å². The van der Waals surface area contributed by atoms with Gasteiger partial charge < -0.3 is 10.1 Å². The molecule has 0 spiro atoms. The number of thioether (sulfide) groups is 1. The van der Waals surface area contributed by atoms with E-state index in [-0.39, 0.29) is 5.97 Å². The van der Waals surface area contributed by atoms with E-state index in [1.165, 1.54) is 7.11 Å². The first kappa shape index (κ1) is 14.9. The second kappa shape index (κ2) is 6.79. The molecule has 1 N–H and O–H groups in total. The van der Waals surface area contributed by atoms with Crippen LogP contribution in [0.1, 0.15) is 25.5 Å². The molecule has 0 bridgehead atoms. The number of ether oxygens (including phenoxy) is 1. The van der Waals surface area contributed by atoms with Gasteiger partial charge in [0, 0.05) is 5.75 Å². The van der Waals surface area contributed by atoms with Gasteiger partial charge in [0.25, 0.3) is 0 Å². The zero-order valence-corrected chi connectivity index (χ0v) is 12.8. The van der Waals surface area contributed by atoms with Crippen LogP contribution in [0.4, 0.5) is 0 Å². The molecule has 1 unspecified atom stereocenters. The van der Waals surface area contributed by atoms with E-state index < -0.39 is 6.04 Å². The zero-order chi connectivity index (χ0) is 14.5. The van der Waals surface area contributed by atoms with Gasteiger partial charge in [0.2, 0.25) is 0 Å². The van der Waals surface area contributed by atoms with Gasteiger partial charge in [-0.15, -0.1) is 0 Å². The summed E-state index contributed by atoms with van der Waals surface area (Å²) in [5, 5.41) is 4.03. The van der Waals surface area contributed by atoms with E-state index in [9.17, 15) is 4.79 Å². The molecule has 0 amide bonds. The van der Waals surface area contributed by atoms with Crippen molar-refractivity contribution in [2.24, 2.45) is 10.9 Å². The summed E-state index contributed by atoms with van der Waals surface area (Å²) in [6, 6.07) is 9.38. The predicted octanol–water partition coefficient (Wildman–Crippen LogP) is 2.62. The lowest BCUT2D eigenvalue weighted by Gasteiger charge is -2.17. The molecule has 1 aliphatic rings. The normalized spacial score (nSPS) is 19.6. The van der Waals surface area contributed by atoms with Crippen molar-refractivity contribution in [3.8, 4) is 0 Å². The number of esters is 1. The number of amidine groups is 1. The average molecular weight is 292 g/mol. The summed E-state index contributed by atoms with van der Waals surface area (Å²) in [5.74, 6) is 1.17. The van der Waals surface area contributed by atoms with Gasteiger partial charge in [0.05, 0.1) is 13.2 Å². The molecule has 20 heavy (non-hydrogen) atoms. The number of methoxy groups -OCH3 is 1. The molecule has 0 aromatic heterocycles. The third-order valence-electron chi connectivity index (χ3n) is 3.28. The van der Waals surface area contributed by atoms with Crippen molar-refractivity contribution >= 4 is 22.9 Å². The van der Waals surface area contributed by atoms with Gasteiger partial charge in [0.1, 0.15) is 0 Å². The Labute approximate surface area is 124 Å². The van der Waals surface area contributed by atoms with E-state index in [0.717, 1.165) is 16.5 Å². The fraction of sp³-hybridized carbons (Fsp3) is 0.467. The van der Waals surface area contributed by atoms with E-state index >= 15 is 0 Å². The van der Waals surface area contributed by atoms with Crippen LogP contribution in [0.25, 0.3) is 0 Å². The van der Waals surface area contributed by atoms with Gasteiger partial charge in [-0.25, -0.2) is 4.79 Å². The van der Waals surface area contributed by atoms with Crippen LogP contribution < -0.4 is 5.32 Å². The van der Waals surface area contributed by atoms with Gasteiger partial charge in [-0.1, -0.05) is 55.9 Å². The average Bonchev–Trinajstić information content (AvgIpc) is 2.94. The van der Waals surface area contributed by atoms with E-state index in [4.69, 9.17) is 4.74 Å². The summed E-state index contributed by atoms with van der Waals surface area (Å²) in [6.07, 6.45) is 0. The topological polar surface area (TPSA) is 50.7 Å². The summed E-state index contributed by atoms with van der Waals surface area (Å²) in [7, 11) is 1.40. The first-order valence-electron chi connectivity index (χ1n) is 6.71. The number of nitrogens with one attached hydrogen (secondary N) is 1. The van der Waals surface area contributed by atoms with Crippen molar-refractivity contribution in [2.75, 3.05) is 12.9 Å². The third kappa shape index (κ3) is 3.54. The summed E-state index contributed by atoms with van der Waals surface area (Å²) in [4.78, 5) is 16.6. The predicted molar refractivity (Wildman–Crippen MR) is 82.9 cm³/mol. The highest BCUT2D eigenvalue weighted by atomic mass is 32.2. The van der Waals surface area contributed by atoms with Crippen molar-refractivity contribution in [3.63, 3.8) is 0 Å². The number of nitrogens with zero attached hydrogens (tertiary/aromatic N) is 1. The number of rotatable bonds is 4. The Hall–Kier alpha value is -1.49. The van der Waals surface area contributed by atoms with Gasteiger partial charge in [-0.2, -0.15) is 0 Å².